The fourth-order valence-corrected chi connectivity index (χ4v) is 7.39. The summed E-state index contributed by atoms with van der Waals surface area (Å²) in [6, 6.07) is 35.0. The van der Waals surface area contributed by atoms with Gasteiger partial charge in [-0.3, -0.25) is 4.79 Å². The van der Waals surface area contributed by atoms with E-state index >= 15 is 4.79 Å². The van der Waals surface area contributed by atoms with Crippen LogP contribution < -0.4 is 10.1 Å². The third-order valence-electron chi connectivity index (χ3n) is 10.9. The van der Waals surface area contributed by atoms with Gasteiger partial charge in [-0.25, -0.2) is 23.3 Å². The normalized spacial score (nSPS) is 15.7. The van der Waals surface area contributed by atoms with E-state index in [0.717, 1.165) is 16.7 Å². The van der Waals surface area contributed by atoms with Gasteiger partial charge < -0.3 is 19.2 Å². The third kappa shape index (κ3) is 10.1. The Labute approximate surface area is 339 Å². The molecule has 0 saturated carbocycles. The van der Waals surface area contributed by atoms with Gasteiger partial charge in [-0.05, 0) is 107 Å². The average molecular weight is 803 g/mol. The first-order chi connectivity index (χ1) is 27.7. The molecule has 5 aromatic rings. The Morgan fingerprint density at radius 1 is 0.828 bits per heavy atom. The van der Waals surface area contributed by atoms with E-state index in [1.54, 1.807) is 78.9 Å². The van der Waals surface area contributed by atoms with E-state index < -0.39 is 50.1 Å². The minimum Gasteiger partial charge on any atom is -0.446 e. The number of ether oxygens (including phenoxy) is 2. The van der Waals surface area contributed by atoms with E-state index in [4.69, 9.17) is 13.9 Å². The zero-order valence-electron chi connectivity index (χ0n) is 33.3. The Morgan fingerprint density at radius 2 is 1.41 bits per heavy atom. The van der Waals surface area contributed by atoms with Crippen molar-refractivity contribution in [2.75, 3.05) is 18.5 Å². The molecule has 0 aromatic heterocycles. The lowest BCUT2D eigenvalue weighted by Gasteiger charge is -2.36. The molecule has 3 atom stereocenters. The van der Waals surface area contributed by atoms with Gasteiger partial charge in [0.2, 0.25) is 5.91 Å². The maximum Gasteiger partial charge on any atom is 0.417 e. The summed E-state index contributed by atoms with van der Waals surface area (Å²) in [5, 5.41) is 3.36. The highest BCUT2D eigenvalue weighted by molar-refractivity contribution is 6.74. The highest BCUT2D eigenvalue weighted by atomic mass is 28.4. The van der Waals surface area contributed by atoms with E-state index in [1.165, 1.54) is 29.2 Å². The Kier molecular flexibility index (Phi) is 13.0. The summed E-state index contributed by atoms with van der Waals surface area (Å²) in [4.78, 5) is 42.7. The number of halogens is 2. The Morgan fingerprint density at radius 3 is 2.02 bits per heavy atom. The fourth-order valence-electron chi connectivity index (χ4n) is 6.44. The van der Waals surface area contributed by atoms with Crippen LogP contribution in [0.25, 0.3) is 5.57 Å². The average Bonchev–Trinajstić information content (AvgIpc) is 3.61. The van der Waals surface area contributed by atoms with Crippen molar-refractivity contribution in [3.8, 4) is 5.75 Å². The molecular weight excluding hydrogens is 755 g/mol. The number of rotatable bonds is 14. The molecule has 6 rings (SSSR count). The molecule has 0 unspecified atom stereocenters. The van der Waals surface area contributed by atoms with Crippen LogP contribution in [0.1, 0.15) is 66.3 Å². The number of esters is 1. The van der Waals surface area contributed by atoms with Crippen molar-refractivity contribution < 1.29 is 37.1 Å². The SMILES string of the molecule is CC(C)(C)[Si](C)(C)OC/C(=C/C[C@@H](C(=O)N1C(=O)OC[C@@H]1c1ccccc1)[C@H](Nc1ccc(F)cc1)c1ccc(OC(=O)c2ccccc2)cc1)c1ccc(F)cc1. The number of hydrogen-bond donors (Lipinski definition) is 1. The number of nitrogens with one attached hydrogen (secondary N) is 1. The van der Waals surface area contributed by atoms with Crippen LogP contribution in [0, 0.1) is 17.6 Å². The number of amides is 2. The molecule has 58 heavy (non-hydrogen) atoms. The monoisotopic (exact) mass is 802 g/mol. The number of allylic oxidation sites excluding steroid dienone is 1. The minimum absolute atomic E-state index is 0.0180. The van der Waals surface area contributed by atoms with E-state index in [-0.39, 0.29) is 36.2 Å². The van der Waals surface area contributed by atoms with Crippen LogP contribution in [0.5, 0.6) is 5.75 Å². The Bertz CT molecular complexity index is 2210. The molecular formula is C47H48F2N2O6Si. The summed E-state index contributed by atoms with van der Waals surface area (Å²) in [5.41, 5.74) is 3.74. The predicted octanol–water partition coefficient (Wildman–Crippen LogP) is 11.2. The summed E-state index contributed by atoms with van der Waals surface area (Å²) in [6.07, 6.45) is 1.25. The van der Waals surface area contributed by atoms with Crippen LogP contribution in [0.2, 0.25) is 18.1 Å². The first-order valence-corrected chi connectivity index (χ1v) is 22.1. The van der Waals surface area contributed by atoms with E-state index in [0.29, 0.717) is 16.8 Å². The van der Waals surface area contributed by atoms with E-state index in [2.05, 4.69) is 39.2 Å². The van der Waals surface area contributed by atoms with Gasteiger partial charge in [-0.15, -0.1) is 0 Å². The second-order valence-corrected chi connectivity index (χ2v) is 20.6. The molecule has 2 amide bonds. The third-order valence-corrected chi connectivity index (χ3v) is 15.3. The number of nitrogens with zero attached hydrogens (tertiary/aromatic N) is 1. The number of cyclic esters (lactones) is 1. The van der Waals surface area contributed by atoms with Crippen LogP contribution >= 0.6 is 0 Å². The van der Waals surface area contributed by atoms with Gasteiger partial charge in [-0.1, -0.05) is 99.6 Å². The zero-order valence-corrected chi connectivity index (χ0v) is 34.3. The maximum atomic E-state index is 15.2. The molecule has 1 aliphatic rings. The van der Waals surface area contributed by atoms with Crippen molar-refractivity contribution in [1.82, 2.24) is 4.90 Å². The van der Waals surface area contributed by atoms with Crippen molar-refractivity contribution in [2.24, 2.45) is 5.92 Å². The molecule has 0 bridgehead atoms. The van der Waals surface area contributed by atoms with Gasteiger partial charge in [-0.2, -0.15) is 0 Å². The van der Waals surface area contributed by atoms with Gasteiger partial charge in [0.15, 0.2) is 8.32 Å². The summed E-state index contributed by atoms with van der Waals surface area (Å²) >= 11 is 0. The number of imide groups is 1. The predicted molar refractivity (Wildman–Crippen MR) is 224 cm³/mol. The topological polar surface area (TPSA) is 94.2 Å². The molecule has 11 heteroatoms. The molecule has 0 aliphatic carbocycles. The molecule has 1 saturated heterocycles. The summed E-state index contributed by atoms with van der Waals surface area (Å²) in [6.45, 7) is 10.9. The van der Waals surface area contributed by atoms with Crippen LogP contribution in [-0.2, 0) is 14.0 Å². The van der Waals surface area contributed by atoms with Gasteiger partial charge in [0, 0.05) is 5.69 Å². The molecule has 1 fully saturated rings. The number of anilines is 1. The van der Waals surface area contributed by atoms with Crippen molar-refractivity contribution in [2.45, 2.75) is 57.4 Å². The molecule has 1 N–H and O–H groups in total. The van der Waals surface area contributed by atoms with Crippen LogP contribution in [0.3, 0.4) is 0 Å². The Hall–Kier alpha value is -5.91. The minimum atomic E-state index is -2.27. The zero-order chi connectivity index (χ0) is 41.5. The largest absolute Gasteiger partial charge is 0.446 e. The first kappa shape index (κ1) is 41.7. The first-order valence-electron chi connectivity index (χ1n) is 19.2. The lowest BCUT2D eigenvalue weighted by atomic mass is 9.87. The molecule has 8 nitrogen and oxygen atoms in total. The van der Waals surface area contributed by atoms with Crippen LogP contribution in [-0.4, -0.2) is 44.4 Å². The maximum absolute atomic E-state index is 15.2. The second kappa shape index (κ2) is 18.1. The summed E-state index contributed by atoms with van der Waals surface area (Å²) in [5.74, 6) is -2.53. The van der Waals surface area contributed by atoms with Gasteiger partial charge in [0.1, 0.15) is 30.0 Å². The van der Waals surface area contributed by atoms with Crippen molar-refractivity contribution in [3.63, 3.8) is 0 Å². The molecule has 1 heterocycles. The number of carbonyl (C=O) groups is 3. The quantitative estimate of drug-likeness (QED) is 0.0679. The number of carbonyl (C=O) groups excluding carboxylic acids is 3. The number of hydrogen-bond acceptors (Lipinski definition) is 7. The second-order valence-electron chi connectivity index (χ2n) is 15.8. The fraction of sp³-hybridized carbons (Fsp3) is 0.255. The molecule has 300 valence electrons. The molecule has 0 radical (unpaired) electrons. The van der Waals surface area contributed by atoms with Crippen LogP contribution in [0.15, 0.2) is 140 Å². The van der Waals surface area contributed by atoms with Crippen molar-refractivity contribution in [1.29, 1.82) is 0 Å². The van der Waals surface area contributed by atoms with Gasteiger partial charge >= 0.3 is 12.1 Å². The van der Waals surface area contributed by atoms with Gasteiger partial charge in [0.25, 0.3) is 0 Å². The Balaban J connectivity index is 1.44. The van der Waals surface area contributed by atoms with E-state index in [1.807, 2.05) is 36.4 Å². The molecule has 5 aromatic carbocycles. The molecule has 1 aliphatic heterocycles. The highest BCUT2D eigenvalue weighted by Crippen LogP contribution is 2.39. The van der Waals surface area contributed by atoms with E-state index in [9.17, 15) is 18.4 Å². The lowest BCUT2D eigenvalue weighted by Crippen LogP contribution is -2.42. The smallest absolute Gasteiger partial charge is 0.417 e. The molecule has 0 spiro atoms. The van der Waals surface area contributed by atoms with Crippen molar-refractivity contribution >= 4 is 37.5 Å². The lowest BCUT2D eigenvalue weighted by molar-refractivity contribution is -0.134. The standard InChI is InChI=1S/C47H48F2N2O6Si/c1-47(2,3)58(4,5)56-30-36(32-16-21-37(48)22-17-32)20-29-41(44(52)51-42(31-55-46(51)54)33-12-8-6-9-13-33)43(50-39-25-23-38(49)24-26-39)34-18-27-40(28-19-34)57-45(53)35-14-10-7-11-15-35/h6-28,41-43,50H,29-31H2,1-5H3/b36-20-/t41-,42-,43-/m1/s1. The van der Waals surface area contributed by atoms with Gasteiger partial charge in [0.05, 0.1) is 24.1 Å². The summed E-state index contributed by atoms with van der Waals surface area (Å²) in [7, 11) is -2.27. The van der Waals surface area contributed by atoms with Crippen LogP contribution in [0.4, 0.5) is 19.3 Å². The number of benzene rings is 5. The highest BCUT2D eigenvalue weighted by Gasteiger charge is 2.44. The van der Waals surface area contributed by atoms with Crippen molar-refractivity contribution in [3.05, 3.63) is 173 Å². The summed E-state index contributed by atoms with van der Waals surface area (Å²) < 4.78 is 46.2.